The van der Waals surface area contributed by atoms with Crippen molar-refractivity contribution in [1.82, 2.24) is 9.78 Å². The summed E-state index contributed by atoms with van der Waals surface area (Å²) in [6.07, 6.45) is 4.76. The van der Waals surface area contributed by atoms with Gasteiger partial charge >= 0.3 is 0 Å². The molecule has 0 fully saturated rings. The number of benzene rings is 3. The van der Waals surface area contributed by atoms with Gasteiger partial charge in [0.25, 0.3) is 5.91 Å². The van der Waals surface area contributed by atoms with Gasteiger partial charge in [0, 0.05) is 17.5 Å². The van der Waals surface area contributed by atoms with Crippen molar-refractivity contribution in [3.05, 3.63) is 94.9 Å². The molecule has 0 aliphatic carbocycles. The van der Waals surface area contributed by atoms with Crippen LogP contribution >= 0.6 is 11.9 Å². The number of carbonyl (C=O) groups excluding carboxylic acids is 1. The Labute approximate surface area is 253 Å². The number of allylic oxidation sites excluding steroid dienone is 2. The number of anilines is 3. The van der Waals surface area contributed by atoms with E-state index in [0.717, 1.165) is 51.6 Å². The first kappa shape index (κ1) is 30.9. The maximum Gasteiger partial charge on any atom is 0.255 e. The predicted molar refractivity (Wildman–Crippen MR) is 178 cm³/mol. The number of rotatable bonds is 10. The maximum absolute atomic E-state index is 13.5. The van der Waals surface area contributed by atoms with Gasteiger partial charge in [-0.15, -0.1) is 0 Å². The minimum absolute atomic E-state index is 0.114. The van der Waals surface area contributed by atoms with Crippen LogP contribution in [-0.4, -0.2) is 29.1 Å². The molecule has 42 heavy (non-hydrogen) atoms. The zero-order chi connectivity index (χ0) is 30.6. The summed E-state index contributed by atoms with van der Waals surface area (Å²) < 4.78 is 10.9. The number of nitrogens with one attached hydrogen (secondary N) is 3. The third kappa shape index (κ3) is 6.53. The van der Waals surface area contributed by atoms with Crippen LogP contribution < -0.4 is 25.6 Å². The van der Waals surface area contributed by atoms with Crippen LogP contribution in [0.1, 0.15) is 68.2 Å². The Kier molecular flexibility index (Phi) is 9.43. The Balaban J connectivity index is 1.62. The maximum atomic E-state index is 13.5. The van der Waals surface area contributed by atoms with Crippen LogP contribution in [0.25, 0.3) is 11.3 Å². The monoisotopic (exact) mass is 586 g/mol. The average molecular weight is 587 g/mol. The molecule has 4 aromatic rings. The number of para-hydroxylation sites is 1. The molecule has 5 N–H and O–H groups in total. The van der Waals surface area contributed by atoms with E-state index in [1.54, 1.807) is 12.1 Å². The fraction of sp³-hybridized carbons (Fsp3) is 0.303. The topological polar surface area (TPSA) is 100 Å². The van der Waals surface area contributed by atoms with Gasteiger partial charge in [0.05, 0.1) is 41.8 Å². The summed E-state index contributed by atoms with van der Waals surface area (Å²) in [4.78, 5) is 13.5. The summed E-state index contributed by atoms with van der Waals surface area (Å²) in [7, 11) is 1.61. The Hall–Kier alpha value is -4.08. The number of hydrogen-bond acceptors (Lipinski definition) is 6. The SMILES string of the molecule is CC/C(=C(/C)c1cn(-c2cc(C(=O)Nc3cc(C(C)(C)C)cc(NSC)c3OC)ccc2C)[nH]1)N(N)c1ccccc1. The molecule has 1 aromatic heterocycles. The van der Waals surface area contributed by atoms with Crippen LogP contribution in [0.3, 0.4) is 0 Å². The Bertz CT molecular complexity index is 1570. The molecule has 0 saturated carbocycles. The van der Waals surface area contributed by atoms with Crippen LogP contribution in [-0.2, 0) is 5.41 Å². The first-order valence-electron chi connectivity index (χ1n) is 14.0. The quantitative estimate of drug-likeness (QED) is 0.0857. The van der Waals surface area contributed by atoms with E-state index >= 15 is 0 Å². The number of amides is 1. The van der Waals surface area contributed by atoms with E-state index in [4.69, 9.17) is 10.6 Å². The minimum Gasteiger partial charge on any atom is -0.492 e. The van der Waals surface area contributed by atoms with Gasteiger partial charge in [-0.05, 0) is 78.8 Å². The van der Waals surface area contributed by atoms with Crippen molar-refractivity contribution in [1.29, 1.82) is 0 Å². The second-order valence-corrected chi connectivity index (χ2v) is 11.9. The average Bonchev–Trinajstić information content (AvgIpc) is 2.93. The number of aromatic amines is 1. The highest BCUT2D eigenvalue weighted by Gasteiger charge is 2.22. The number of aromatic nitrogens is 2. The fourth-order valence-electron chi connectivity index (χ4n) is 4.85. The van der Waals surface area contributed by atoms with Gasteiger partial charge in [0.1, 0.15) is 0 Å². The summed E-state index contributed by atoms with van der Waals surface area (Å²) in [5.74, 6) is 6.86. The molecule has 0 bridgehead atoms. The Morgan fingerprint density at radius 1 is 1.10 bits per heavy atom. The van der Waals surface area contributed by atoms with Gasteiger partial charge < -0.3 is 14.8 Å². The van der Waals surface area contributed by atoms with E-state index in [-0.39, 0.29) is 11.3 Å². The summed E-state index contributed by atoms with van der Waals surface area (Å²) >= 11 is 1.48. The molecule has 1 heterocycles. The number of ether oxygens (including phenoxy) is 1. The van der Waals surface area contributed by atoms with E-state index < -0.39 is 0 Å². The van der Waals surface area contributed by atoms with Gasteiger partial charge in [-0.1, -0.05) is 63.9 Å². The van der Waals surface area contributed by atoms with Gasteiger partial charge in [0.2, 0.25) is 0 Å². The third-order valence-electron chi connectivity index (χ3n) is 7.35. The molecule has 4 rings (SSSR count). The summed E-state index contributed by atoms with van der Waals surface area (Å²) in [5.41, 5.74) is 8.87. The van der Waals surface area contributed by atoms with Gasteiger partial charge in [-0.3, -0.25) is 19.6 Å². The van der Waals surface area contributed by atoms with Crippen LogP contribution in [0, 0.1) is 6.92 Å². The summed E-state index contributed by atoms with van der Waals surface area (Å²) in [6.45, 7) is 12.6. The number of hydrogen-bond donors (Lipinski definition) is 4. The van der Waals surface area contributed by atoms with Crippen LogP contribution in [0.15, 0.2) is 72.6 Å². The number of nitrogens with two attached hydrogens (primary N) is 1. The minimum atomic E-state index is -0.216. The molecule has 9 heteroatoms. The smallest absolute Gasteiger partial charge is 0.255 e. The molecule has 8 nitrogen and oxygen atoms in total. The number of methoxy groups -OCH3 is 1. The van der Waals surface area contributed by atoms with Gasteiger partial charge in [-0.25, -0.2) is 5.84 Å². The van der Waals surface area contributed by atoms with Crippen molar-refractivity contribution >= 4 is 40.5 Å². The molecule has 0 aliphatic rings. The Morgan fingerprint density at radius 3 is 2.36 bits per heavy atom. The molecule has 0 saturated heterocycles. The van der Waals surface area contributed by atoms with Gasteiger partial charge in [0.15, 0.2) is 5.75 Å². The third-order valence-corrected chi connectivity index (χ3v) is 7.77. The molecule has 0 radical (unpaired) electrons. The molecule has 0 unspecified atom stereocenters. The normalized spacial score (nSPS) is 12.1. The summed E-state index contributed by atoms with van der Waals surface area (Å²) in [5, 5.41) is 8.26. The molecule has 1 amide bonds. The van der Waals surface area contributed by atoms with Gasteiger partial charge in [-0.2, -0.15) is 0 Å². The second-order valence-electron chi connectivity index (χ2n) is 11.3. The van der Waals surface area contributed by atoms with Crippen molar-refractivity contribution in [2.24, 2.45) is 5.84 Å². The molecule has 222 valence electrons. The van der Waals surface area contributed by atoms with Crippen molar-refractivity contribution in [3.8, 4) is 11.4 Å². The van der Waals surface area contributed by atoms with Crippen LogP contribution in [0.5, 0.6) is 5.75 Å². The van der Waals surface area contributed by atoms with E-state index in [0.29, 0.717) is 17.0 Å². The molecular weight excluding hydrogens is 544 g/mol. The first-order chi connectivity index (χ1) is 20.0. The number of H-pyrrole nitrogens is 1. The highest BCUT2D eigenvalue weighted by Crippen LogP contribution is 2.40. The lowest BCUT2D eigenvalue weighted by atomic mass is 9.86. The number of carbonyl (C=O) groups is 1. The molecule has 0 aliphatic heterocycles. The molecule has 3 aromatic carbocycles. The lowest BCUT2D eigenvalue weighted by molar-refractivity contribution is 0.102. The van der Waals surface area contributed by atoms with E-state index in [9.17, 15) is 4.79 Å². The molecular formula is C33H42N6O2S. The predicted octanol–water partition coefficient (Wildman–Crippen LogP) is 7.88. The van der Waals surface area contributed by atoms with Crippen LogP contribution in [0.4, 0.5) is 17.1 Å². The number of nitrogens with zero attached hydrogens (tertiary/aromatic N) is 2. The highest BCUT2D eigenvalue weighted by atomic mass is 32.2. The molecule has 0 spiro atoms. The summed E-state index contributed by atoms with van der Waals surface area (Å²) in [6, 6.07) is 19.7. The van der Waals surface area contributed by atoms with E-state index in [2.05, 4.69) is 55.8 Å². The highest BCUT2D eigenvalue weighted by molar-refractivity contribution is 7.99. The zero-order valence-electron chi connectivity index (χ0n) is 25.8. The first-order valence-corrected chi connectivity index (χ1v) is 15.2. The van der Waals surface area contributed by atoms with Crippen molar-refractivity contribution in [3.63, 3.8) is 0 Å². The van der Waals surface area contributed by atoms with E-state index in [1.165, 1.54) is 11.9 Å². The molecule has 0 atom stereocenters. The number of aryl methyl sites for hydroxylation is 1. The van der Waals surface area contributed by atoms with Crippen molar-refractivity contribution in [2.75, 3.05) is 28.4 Å². The standard InChI is InChI=1S/C33H42N6O2S/c1-9-29(39(34)25-13-11-10-12-14-25)22(3)28-20-38(36-28)30-17-23(16-15-21(30)2)32(40)35-26-18-24(33(4,5)6)19-27(37-42-8)31(26)41-7/h10-20,36-37H,9,34H2,1-8H3,(H,35,40)/b29-22+. The largest absolute Gasteiger partial charge is 0.492 e. The zero-order valence-corrected chi connectivity index (χ0v) is 26.6. The fourth-order valence-corrected chi connectivity index (χ4v) is 5.22. The number of hydrazine groups is 1. The van der Waals surface area contributed by atoms with Crippen LogP contribution in [0.2, 0.25) is 0 Å². The lowest BCUT2D eigenvalue weighted by Gasteiger charge is -2.26. The second kappa shape index (κ2) is 12.8. The van der Waals surface area contributed by atoms with Crippen molar-refractivity contribution in [2.45, 2.75) is 53.4 Å². The lowest BCUT2D eigenvalue weighted by Crippen LogP contribution is -2.30. The van der Waals surface area contributed by atoms with E-state index in [1.807, 2.05) is 78.7 Å². The Morgan fingerprint density at radius 2 is 1.76 bits per heavy atom. The van der Waals surface area contributed by atoms with Crippen molar-refractivity contribution < 1.29 is 9.53 Å².